The number of aromatic nitrogens is 1. The molecule has 0 saturated carbocycles. The topological polar surface area (TPSA) is 79.4 Å². The predicted octanol–water partition coefficient (Wildman–Crippen LogP) is 3.28. The monoisotopic (exact) mass is 407 g/mol. The van der Waals surface area contributed by atoms with E-state index < -0.39 is 10.0 Å². The minimum atomic E-state index is -3.89. The molecular weight excluding hydrogens is 390 g/mol. The van der Waals surface area contributed by atoms with E-state index in [2.05, 4.69) is 10.3 Å². The third-order valence-corrected chi connectivity index (χ3v) is 7.31. The SMILES string of the molecule is C[C@H](NC(=O)CN(c1nccs1)S(=O)(=O)c1ccccc1)c1cccs1. The van der Waals surface area contributed by atoms with Crippen LogP contribution in [0.4, 0.5) is 5.13 Å². The summed E-state index contributed by atoms with van der Waals surface area (Å²) in [5.41, 5.74) is 0. The van der Waals surface area contributed by atoms with Crippen LogP contribution in [0.5, 0.6) is 0 Å². The Morgan fingerprint density at radius 1 is 1.15 bits per heavy atom. The van der Waals surface area contributed by atoms with Gasteiger partial charge in [-0.05, 0) is 30.5 Å². The summed E-state index contributed by atoms with van der Waals surface area (Å²) in [6.45, 7) is 1.53. The van der Waals surface area contributed by atoms with Gasteiger partial charge in [-0.15, -0.1) is 22.7 Å². The van der Waals surface area contributed by atoms with Gasteiger partial charge in [-0.1, -0.05) is 24.3 Å². The van der Waals surface area contributed by atoms with Gasteiger partial charge in [0.05, 0.1) is 10.9 Å². The van der Waals surface area contributed by atoms with E-state index in [9.17, 15) is 13.2 Å². The van der Waals surface area contributed by atoms with Crippen molar-refractivity contribution in [2.45, 2.75) is 17.9 Å². The van der Waals surface area contributed by atoms with Crippen molar-refractivity contribution in [3.8, 4) is 0 Å². The van der Waals surface area contributed by atoms with Crippen LogP contribution in [0.2, 0.25) is 0 Å². The molecule has 6 nitrogen and oxygen atoms in total. The number of sulfonamides is 1. The molecule has 1 aromatic carbocycles. The summed E-state index contributed by atoms with van der Waals surface area (Å²) in [5.74, 6) is -0.388. The van der Waals surface area contributed by atoms with Gasteiger partial charge >= 0.3 is 0 Å². The van der Waals surface area contributed by atoms with Crippen molar-refractivity contribution in [3.63, 3.8) is 0 Å². The lowest BCUT2D eigenvalue weighted by Gasteiger charge is -2.22. The highest BCUT2D eigenvalue weighted by atomic mass is 32.2. The lowest BCUT2D eigenvalue weighted by molar-refractivity contribution is -0.120. The molecule has 136 valence electrons. The third kappa shape index (κ3) is 4.12. The summed E-state index contributed by atoms with van der Waals surface area (Å²) in [4.78, 5) is 17.7. The Labute approximate surface area is 160 Å². The van der Waals surface area contributed by atoms with E-state index in [0.717, 1.165) is 9.18 Å². The number of thiazole rings is 1. The quantitative estimate of drug-likeness (QED) is 0.652. The van der Waals surface area contributed by atoms with E-state index in [1.165, 1.54) is 41.0 Å². The van der Waals surface area contributed by atoms with Gasteiger partial charge in [-0.25, -0.2) is 17.7 Å². The molecule has 0 radical (unpaired) electrons. The van der Waals surface area contributed by atoms with Crippen LogP contribution in [0.1, 0.15) is 17.8 Å². The van der Waals surface area contributed by atoms with Crippen molar-refractivity contribution >= 4 is 43.7 Å². The molecule has 1 atom stereocenters. The minimum absolute atomic E-state index is 0.120. The molecule has 9 heteroatoms. The van der Waals surface area contributed by atoms with Gasteiger partial charge in [0.15, 0.2) is 5.13 Å². The van der Waals surface area contributed by atoms with Gasteiger partial charge in [0, 0.05) is 16.5 Å². The number of amides is 1. The van der Waals surface area contributed by atoms with Crippen LogP contribution in [0.25, 0.3) is 0 Å². The first-order valence-corrected chi connectivity index (χ1v) is 11.0. The number of nitrogens with one attached hydrogen (secondary N) is 1. The summed E-state index contributed by atoms with van der Waals surface area (Å²) >= 11 is 2.70. The zero-order chi connectivity index (χ0) is 18.6. The molecule has 0 bridgehead atoms. The Hall–Kier alpha value is -2.23. The smallest absolute Gasteiger partial charge is 0.266 e. The highest BCUT2D eigenvalue weighted by Gasteiger charge is 2.29. The van der Waals surface area contributed by atoms with E-state index in [1.54, 1.807) is 23.6 Å². The molecule has 0 aliphatic heterocycles. The molecule has 0 saturated heterocycles. The predicted molar refractivity (Wildman–Crippen MR) is 104 cm³/mol. The van der Waals surface area contributed by atoms with Crippen LogP contribution in [-0.2, 0) is 14.8 Å². The van der Waals surface area contributed by atoms with Crippen LogP contribution >= 0.6 is 22.7 Å². The molecule has 1 amide bonds. The van der Waals surface area contributed by atoms with Gasteiger partial charge in [0.2, 0.25) is 5.91 Å². The van der Waals surface area contributed by atoms with E-state index in [0.29, 0.717) is 0 Å². The van der Waals surface area contributed by atoms with E-state index >= 15 is 0 Å². The van der Waals surface area contributed by atoms with Crippen molar-refractivity contribution in [3.05, 3.63) is 64.3 Å². The number of carbonyl (C=O) groups excluding carboxylic acids is 1. The Morgan fingerprint density at radius 3 is 2.54 bits per heavy atom. The lowest BCUT2D eigenvalue weighted by atomic mass is 10.3. The minimum Gasteiger partial charge on any atom is -0.347 e. The number of hydrogen-bond donors (Lipinski definition) is 1. The molecule has 3 aromatic rings. The second-order valence-corrected chi connectivity index (χ2v) is 9.16. The average molecular weight is 408 g/mol. The number of carbonyl (C=O) groups is 1. The summed E-state index contributed by atoms with van der Waals surface area (Å²) in [7, 11) is -3.89. The molecule has 2 aromatic heterocycles. The molecule has 0 aliphatic rings. The maximum absolute atomic E-state index is 13.0. The number of benzene rings is 1. The van der Waals surface area contributed by atoms with Crippen molar-refractivity contribution in [1.82, 2.24) is 10.3 Å². The number of hydrogen-bond acceptors (Lipinski definition) is 6. The van der Waals surface area contributed by atoms with Gasteiger partial charge in [-0.3, -0.25) is 4.79 Å². The third-order valence-electron chi connectivity index (χ3n) is 3.60. The lowest BCUT2D eigenvalue weighted by Crippen LogP contribution is -2.41. The largest absolute Gasteiger partial charge is 0.347 e. The zero-order valence-electron chi connectivity index (χ0n) is 13.9. The van der Waals surface area contributed by atoms with Crippen molar-refractivity contribution in [2.75, 3.05) is 10.8 Å². The van der Waals surface area contributed by atoms with Gasteiger partial charge in [0.1, 0.15) is 6.54 Å². The summed E-state index contributed by atoms with van der Waals surface area (Å²) in [5, 5.41) is 6.70. The van der Waals surface area contributed by atoms with E-state index in [1.807, 2.05) is 24.4 Å². The normalized spacial score (nSPS) is 12.5. The summed E-state index contributed by atoms with van der Waals surface area (Å²) < 4.78 is 27.0. The zero-order valence-corrected chi connectivity index (χ0v) is 16.4. The van der Waals surface area contributed by atoms with Crippen LogP contribution in [-0.4, -0.2) is 25.9 Å². The van der Waals surface area contributed by atoms with Gasteiger partial charge in [0.25, 0.3) is 10.0 Å². The van der Waals surface area contributed by atoms with E-state index in [-0.39, 0.29) is 28.5 Å². The first-order chi connectivity index (χ1) is 12.5. The molecule has 26 heavy (non-hydrogen) atoms. The maximum Gasteiger partial charge on any atom is 0.266 e. The number of rotatable bonds is 7. The van der Waals surface area contributed by atoms with Crippen molar-refractivity contribution in [2.24, 2.45) is 0 Å². The van der Waals surface area contributed by atoms with Crippen LogP contribution in [0.15, 0.2) is 64.3 Å². The summed E-state index contributed by atoms with van der Waals surface area (Å²) in [6.07, 6.45) is 1.51. The Bertz CT molecular complexity index is 940. The Morgan fingerprint density at radius 2 is 1.92 bits per heavy atom. The summed E-state index contributed by atoms with van der Waals surface area (Å²) in [6, 6.07) is 11.7. The molecule has 1 N–H and O–H groups in total. The van der Waals surface area contributed by atoms with Crippen LogP contribution in [0, 0.1) is 0 Å². The Kier molecular flexibility index (Phi) is 5.70. The first-order valence-electron chi connectivity index (χ1n) is 7.78. The fraction of sp³-hybridized carbons (Fsp3) is 0.176. The standard InChI is InChI=1S/C17H17N3O3S3/c1-13(15-8-5-10-24-15)19-16(21)12-20(17-18-9-11-25-17)26(22,23)14-6-3-2-4-7-14/h2-11,13H,12H2,1H3,(H,19,21)/t13-/m0/s1. The first kappa shape index (κ1) is 18.6. The van der Waals surface area contributed by atoms with Gasteiger partial charge < -0.3 is 5.32 Å². The van der Waals surface area contributed by atoms with Crippen LogP contribution in [0.3, 0.4) is 0 Å². The fourth-order valence-electron chi connectivity index (χ4n) is 2.34. The molecule has 2 heterocycles. The number of anilines is 1. The highest BCUT2D eigenvalue weighted by Crippen LogP contribution is 2.25. The molecule has 3 rings (SSSR count). The molecule has 0 unspecified atom stereocenters. The molecular formula is C17H17N3O3S3. The number of nitrogens with zero attached hydrogens (tertiary/aromatic N) is 2. The van der Waals surface area contributed by atoms with Crippen molar-refractivity contribution in [1.29, 1.82) is 0 Å². The average Bonchev–Trinajstić information content (AvgIpc) is 3.34. The second-order valence-electron chi connectivity index (χ2n) is 5.44. The van der Waals surface area contributed by atoms with Gasteiger partial charge in [-0.2, -0.15) is 0 Å². The molecule has 0 spiro atoms. The Balaban J connectivity index is 1.83. The van der Waals surface area contributed by atoms with E-state index in [4.69, 9.17) is 0 Å². The fourth-order valence-corrected chi connectivity index (χ4v) is 5.34. The van der Waals surface area contributed by atoms with Crippen molar-refractivity contribution < 1.29 is 13.2 Å². The molecule has 0 fully saturated rings. The highest BCUT2D eigenvalue weighted by molar-refractivity contribution is 7.93. The number of thiophene rings is 1. The molecule has 0 aliphatic carbocycles. The maximum atomic E-state index is 13.0. The van der Waals surface area contributed by atoms with Crippen LogP contribution < -0.4 is 9.62 Å². The second kappa shape index (κ2) is 7.98.